The zero-order valence-corrected chi connectivity index (χ0v) is 13.7. The molecule has 1 aromatic carbocycles. The molecular weight excluding hydrogens is 302 g/mol. The van der Waals surface area contributed by atoms with E-state index in [4.69, 9.17) is 0 Å². The SMILES string of the molecule is Cc1ccccc1CCC(=O)NCC(C)(C)CCBr. The van der Waals surface area contributed by atoms with Gasteiger partial charge in [0.1, 0.15) is 0 Å². The van der Waals surface area contributed by atoms with E-state index in [9.17, 15) is 4.79 Å². The minimum absolute atomic E-state index is 0.144. The quantitative estimate of drug-likeness (QED) is 0.758. The van der Waals surface area contributed by atoms with Crippen LogP contribution in [0.4, 0.5) is 0 Å². The summed E-state index contributed by atoms with van der Waals surface area (Å²) in [5, 5.41) is 4.01. The lowest BCUT2D eigenvalue weighted by molar-refractivity contribution is -0.121. The van der Waals surface area contributed by atoms with Gasteiger partial charge in [0.25, 0.3) is 0 Å². The van der Waals surface area contributed by atoms with E-state index in [2.05, 4.69) is 54.2 Å². The van der Waals surface area contributed by atoms with E-state index in [1.54, 1.807) is 0 Å². The van der Waals surface area contributed by atoms with Gasteiger partial charge in [-0.3, -0.25) is 4.79 Å². The molecule has 1 amide bonds. The molecule has 1 aromatic rings. The van der Waals surface area contributed by atoms with Gasteiger partial charge in [-0.1, -0.05) is 54.0 Å². The number of alkyl halides is 1. The van der Waals surface area contributed by atoms with Crippen molar-refractivity contribution in [3.8, 4) is 0 Å². The molecule has 0 bridgehead atoms. The molecule has 1 rings (SSSR count). The van der Waals surface area contributed by atoms with Crippen LogP contribution in [0.3, 0.4) is 0 Å². The molecule has 0 fully saturated rings. The first kappa shape index (κ1) is 16.2. The number of hydrogen-bond acceptors (Lipinski definition) is 1. The Balaban J connectivity index is 2.35. The smallest absolute Gasteiger partial charge is 0.220 e. The molecule has 0 heterocycles. The number of hydrogen-bond donors (Lipinski definition) is 1. The predicted molar refractivity (Wildman–Crippen MR) is 84.7 cm³/mol. The van der Waals surface area contributed by atoms with Crippen LogP contribution in [-0.4, -0.2) is 17.8 Å². The fraction of sp³-hybridized carbons (Fsp3) is 0.562. The standard InChI is InChI=1S/C16H24BrNO/c1-13-6-4-5-7-14(13)8-9-15(19)18-12-16(2,3)10-11-17/h4-7H,8-12H2,1-3H3,(H,18,19). The third kappa shape index (κ3) is 6.24. The van der Waals surface area contributed by atoms with Crippen LogP contribution in [0.1, 0.15) is 37.8 Å². The number of nitrogens with one attached hydrogen (secondary N) is 1. The predicted octanol–water partition coefficient (Wildman–Crippen LogP) is 3.86. The van der Waals surface area contributed by atoms with Crippen molar-refractivity contribution < 1.29 is 4.79 Å². The van der Waals surface area contributed by atoms with Crippen molar-refractivity contribution in [3.05, 3.63) is 35.4 Å². The third-order valence-corrected chi connectivity index (χ3v) is 3.81. The second-order valence-electron chi connectivity index (χ2n) is 5.81. The molecule has 0 saturated heterocycles. The van der Waals surface area contributed by atoms with Gasteiger partial charge >= 0.3 is 0 Å². The summed E-state index contributed by atoms with van der Waals surface area (Å²) in [6, 6.07) is 8.24. The van der Waals surface area contributed by atoms with Crippen LogP contribution >= 0.6 is 15.9 Å². The molecule has 0 aliphatic rings. The fourth-order valence-corrected chi connectivity index (χ4v) is 2.98. The second-order valence-corrected chi connectivity index (χ2v) is 6.60. The number of carbonyl (C=O) groups is 1. The molecule has 1 N–H and O–H groups in total. The zero-order chi connectivity index (χ0) is 14.3. The summed E-state index contributed by atoms with van der Waals surface area (Å²) in [6.07, 6.45) is 2.44. The Kier molecular flexibility index (Phi) is 6.56. The van der Waals surface area contributed by atoms with Crippen LogP contribution in [0.5, 0.6) is 0 Å². The molecule has 106 valence electrons. The van der Waals surface area contributed by atoms with E-state index >= 15 is 0 Å². The Bertz CT molecular complexity index is 415. The molecular formula is C16H24BrNO. The highest BCUT2D eigenvalue weighted by Crippen LogP contribution is 2.20. The Morgan fingerprint density at radius 2 is 2.00 bits per heavy atom. The largest absolute Gasteiger partial charge is 0.356 e. The van der Waals surface area contributed by atoms with Crippen molar-refractivity contribution in [3.63, 3.8) is 0 Å². The number of halogens is 1. The number of aryl methyl sites for hydroxylation is 2. The van der Waals surface area contributed by atoms with Gasteiger partial charge in [0.2, 0.25) is 5.91 Å². The van der Waals surface area contributed by atoms with Crippen molar-refractivity contribution in [2.24, 2.45) is 5.41 Å². The molecule has 3 heteroatoms. The molecule has 0 aliphatic carbocycles. The Morgan fingerprint density at radius 1 is 1.32 bits per heavy atom. The maximum absolute atomic E-state index is 11.9. The first-order valence-corrected chi connectivity index (χ1v) is 7.94. The summed E-state index contributed by atoms with van der Waals surface area (Å²) in [5.74, 6) is 0.144. The van der Waals surface area contributed by atoms with Crippen LogP contribution in [0, 0.1) is 12.3 Å². The molecule has 0 saturated carbocycles. The Morgan fingerprint density at radius 3 is 2.63 bits per heavy atom. The van der Waals surface area contributed by atoms with E-state index in [1.165, 1.54) is 11.1 Å². The number of rotatable bonds is 7. The minimum Gasteiger partial charge on any atom is -0.356 e. The summed E-state index contributed by atoms with van der Waals surface area (Å²) in [5.41, 5.74) is 2.68. The maximum Gasteiger partial charge on any atom is 0.220 e. The summed E-state index contributed by atoms with van der Waals surface area (Å²) in [7, 11) is 0. The lowest BCUT2D eigenvalue weighted by atomic mass is 9.90. The van der Waals surface area contributed by atoms with Crippen LogP contribution in [-0.2, 0) is 11.2 Å². The minimum atomic E-state index is 0.144. The average Bonchev–Trinajstić information content (AvgIpc) is 2.35. The van der Waals surface area contributed by atoms with Gasteiger partial charge in [-0.2, -0.15) is 0 Å². The molecule has 0 spiro atoms. The Hall–Kier alpha value is -0.830. The van der Waals surface area contributed by atoms with Crippen molar-refractivity contribution >= 4 is 21.8 Å². The molecule has 0 unspecified atom stereocenters. The topological polar surface area (TPSA) is 29.1 Å². The molecule has 0 atom stereocenters. The first-order valence-electron chi connectivity index (χ1n) is 6.82. The van der Waals surface area contributed by atoms with E-state index in [0.29, 0.717) is 6.42 Å². The molecule has 2 nitrogen and oxygen atoms in total. The van der Waals surface area contributed by atoms with Crippen LogP contribution < -0.4 is 5.32 Å². The third-order valence-electron chi connectivity index (χ3n) is 3.42. The highest BCUT2D eigenvalue weighted by molar-refractivity contribution is 9.09. The monoisotopic (exact) mass is 325 g/mol. The highest BCUT2D eigenvalue weighted by Gasteiger charge is 2.17. The summed E-state index contributed by atoms with van der Waals surface area (Å²) in [4.78, 5) is 11.9. The Labute approximate surface area is 125 Å². The van der Waals surface area contributed by atoms with Gasteiger partial charge in [-0.25, -0.2) is 0 Å². The van der Waals surface area contributed by atoms with Crippen LogP contribution in [0.25, 0.3) is 0 Å². The highest BCUT2D eigenvalue weighted by atomic mass is 79.9. The molecule has 0 aromatic heterocycles. The van der Waals surface area contributed by atoms with Gasteiger partial charge in [-0.15, -0.1) is 0 Å². The van der Waals surface area contributed by atoms with Gasteiger partial charge in [0.05, 0.1) is 0 Å². The summed E-state index contributed by atoms with van der Waals surface area (Å²) >= 11 is 3.45. The zero-order valence-electron chi connectivity index (χ0n) is 12.1. The van der Waals surface area contributed by atoms with Crippen LogP contribution in [0.2, 0.25) is 0 Å². The van der Waals surface area contributed by atoms with Gasteiger partial charge in [0.15, 0.2) is 0 Å². The lowest BCUT2D eigenvalue weighted by Crippen LogP contribution is -2.34. The van der Waals surface area contributed by atoms with Gasteiger partial charge in [-0.05, 0) is 36.3 Å². The van der Waals surface area contributed by atoms with Crippen molar-refractivity contribution in [1.82, 2.24) is 5.32 Å². The summed E-state index contributed by atoms with van der Waals surface area (Å²) < 4.78 is 0. The van der Waals surface area contributed by atoms with Crippen LogP contribution in [0.15, 0.2) is 24.3 Å². The van der Waals surface area contributed by atoms with Crippen molar-refractivity contribution in [1.29, 1.82) is 0 Å². The first-order chi connectivity index (χ1) is 8.94. The normalized spacial score (nSPS) is 11.4. The maximum atomic E-state index is 11.9. The van der Waals surface area contributed by atoms with E-state index in [0.717, 1.165) is 24.7 Å². The second kappa shape index (κ2) is 7.68. The van der Waals surface area contributed by atoms with Crippen molar-refractivity contribution in [2.75, 3.05) is 11.9 Å². The fourth-order valence-electron chi connectivity index (χ4n) is 1.91. The van der Waals surface area contributed by atoms with Gasteiger partial charge < -0.3 is 5.32 Å². The molecule has 0 aliphatic heterocycles. The van der Waals surface area contributed by atoms with Gasteiger partial charge in [0, 0.05) is 18.3 Å². The number of amides is 1. The average molecular weight is 326 g/mol. The summed E-state index contributed by atoms with van der Waals surface area (Å²) in [6.45, 7) is 7.18. The van der Waals surface area contributed by atoms with Crippen molar-refractivity contribution in [2.45, 2.75) is 40.0 Å². The van der Waals surface area contributed by atoms with E-state index in [1.807, 2.05) is 12.1 Å². The molecule has 19 heavy (non-hydrogen) atoms. The number of benzene rings is 1. The lowest BCUT2D eigenvalue weighted by Gasteiger charge is -2.23. The van der Waals surface area contributed by atoms with E-state index in [-0.39, 0.29) is 11.3 Å². The molecule has 0 radical (unpaired) electrons. The number of carbonyl (C=O) groups excluding carboxylic acids is 1. The van der Waals surface area contributed by atoms with E-state index < -0.39 is 0 Å².